The van der Waals surface area contributed by atoms with Gasteiger partial charge in [0.25, 0.3) is 0 Å². The Morgan fingerprint density at radius 1 is 1.11 bits per heavy atom. The van der Waals surface area contributed by atoms with Gasteiger partial charge in [-0.3, -0.25) is 4.98 Å². The van der Waals surface area contributed by atoms with Gasteiger partial charge in [0, 0.05) is 16.9 Å². The monoisotopic (exact) mass is 304 g/mol. The van der Waals surface area contributed by atoms with E-state index in [0.717, 1.165) is 4.47 Å². The SMILES string of the molecule is CNC(c1cncc(C)c1)c1ccc(Br)c(C)c1. The van der Waals surface area contributed by atoms with Crippen LogP contribution < -0.4 is 5.32 Å². The van der Waals surface area contributed by atoms with E-state index >= 15 is 0 Å². The average molecular weight is 305 g/mol. The summed E-state index contributed by atoms with van der Waals surface area (Å²) >= 11 is 3.54. The summed E-state index contributed by atoms with van der Waals surface area (Å²) in [5.74, 6) is 0. The molecular weight excluding hydrogens is 288 g/mol. The van der Waals surface area contributed by atoms with E-state index in [1.807, 2.05) is 19.4 Å². The molecule has 1 aromatic heterocycles. The maximum atomic E-state index is 4.27. The number of hydrogen-bond acceptors (Lipinski definition) is 2. The molecule has 0 spiro atoms. The Hall–Kier alpha value is -1.19. The zero-order valence-electron chi connectivity index (χ0n) is 10.9. The summed E-state index contributed by atoms with van der Waals surface area (Å²) < 4.78 is 1.14. The van der Waals surface area contributed by atoms with Crippen LogP contribution in [-0.2, 0) is 0 Å². The Bertz CT molecular complexity index is 552. The van der Waals surface area contributed by atoms with Crippen LogP contribution >= 0.6 is 15.9 Å². The van der Waals surface area contributed by atoms with Crippen molar-refractivity contribution in [2.24, 2.45) is 0 Å². The number of halogens is 1. The van der Waals surface area contributed by atoms with Crippen molar-refractivity contribution in [2.75, 3.05) is 7.05 Å². The summed E-state index contributed by atoms with van der Waals surface area (Å²) in [5, 5.41) is 3.35. The van der Waals surface area contributed by atoms with Gasteiger partial charge in [0.15, 0.2) is 0 Å². The van der Waals surface area contributed by atoms with Gasteiger partial charge in [-0.25, -0.2) is 0 Å². The van der Waals surface area contributed by atoms with E-state index in [1.54, 1.807) is 0 Å². The van der Waals surface area contributed by atoms with E-state index in [-0.39, 0.29) is 6.04 Å². The first-order chi connectivity index (χ1) is 8.61. The van der Waals surface area contributed by atoms with E-state index in [9.17, 15) is 0 Å². The number of aromatic nitrogens is 1. The van der Waals surface area contributed by atoms with E-state index in [2.05, 4.69) is 64.3 Å². The smallest absolute Gasteiger partial charge is 0.0589 e. The molecule has 0 aliphatic heterocycles. The normalized spacial score (nSPS) is 12.4. The van der Waals surface area contributed by atoms with Gasteiger partial charge in [0.05, 0.1) is 6.04 Å². The Morgan fingerprint density at radius 3 is 2.50 bits per heavy atom. The molecule has 2 rings (SSSR count). The standard InChI is InChI=1S/C15H17BrN2/c1-10-6-13(9-18-8-10)15(17-3)12-4-5-14(16)11(2)7-12/h4-9,15,17H,1-3H3. The highest BCUT2D eigenvalue weighted by atomic mass is 79.9. The van der Waals surface area contributed by atoms with Crippen molar-refractivity contribution in [3.8, 4) is 0 Å². The lowest BCUT2D eigenvalue weighted by Crippen LogP contribution is -2.18. The number of aryl methyl sites for hydroxylation is 2. The molecule has 2 nitrogen and oxygen atoms in total. The molecule has 94 valence electrons. The molecule has 2 aromatic rings. The largest absolute Gasteiger partial charge is 0.309 e. The number of rotatable bonds is 3. The van der Waals surface area contributed by atoms with Gasteiger partial charge >= 0.3 is 0 Å². The molecular formula is C15H17BrN2. The molecule has 0 fully saturated rings. The maximum Gasteiger partial charge on any atom is 0.0589 e. The Kier molecular flexibility index (Phi) is 4.15. The Balaban J connectivity index is 2.42. The van der Waals surface area contributed by atoms with Crippen molar-refractivity contribution in [1.82, 2.24) is 10.3 Å². The third-order valence-electron chi connectivity index (χ3n) is 3.03. The van der Waals surface area contributed by atoms with Crippen molar-refractivity contribution >= 4 is 15.9 Å². The highest BCUT2D eigenvalue weighted by Crippen LogP contribution is 2.25. The minimum atomic E-state index is 0.184. The quantitative estimate of drug-likeness (QED) is 0.933. The van der Waals surface area contributed by atoms with Gasteiger partial charge in [0.1, 0.15) is 0 Å². The number of hydrogen-bond donors (Lipinski definition) is 1. The molecule has 0 radical (unpaired) electrons. The molecule has 0 saturated heterocycles. The summed E-state index contributed by atoms with van der Waals surface area (Å²) in [6.07, 6.45) is 3.80. The highest BCUT2D eigenvalue weighted by molar-refractivity contribution is 9.10. The summed E-state index contributed by atoms with van der Waals surface area (Å²) in [6, 6.07) is 8.79. The van der Waals surface area contributed by atoms with Crippen LogP contribution in [-0.4, -0.2) is 12.0 Å². The van der Waals surface area contributed by atoms with Crippen LogP contribution in [0.1, 0.15) is 28.3 Å². The van der Waals surface area contributed by atoms with Crippen LogP contribution in [0.3, 0.4) is 0 Å². The molecule has 0 aliphatic carbocycles. The number of benzene rings is 1. The van der Waals surface area contributed by atoms with Crippen molar-refractivity contribution in [3.05, 3.63) is 63.4 Å². The third kappa shape index (κ3) is 2.79. The first-order valence-corrected chi connectivity index (χ1v) is 6.76. The predicted molar refractivity (Wildman–Crippen MR) is 78.8 cm³/mol. The second-order valence-corrected chi connectivity index (χ2v) is 5.38. The fraction of sp³-hybridized carbons (Fsp3) is 0.267. The molecule has 1 N–H and O–H groups in total. The van der Waals surface area contributed by atoms with E-state index < -0.39 is 0 Å². The van der Waals surface area contributed by atoms with Crippen LogP contribution in [0.2, 0.25) is 0 Å². The third-order valence-corrected chi connectivity index (χ3v) is 3.92. The van der Waals surface area contributed by atoms with Gasteiger partial charge < -0.3 is 5.32 Å². The molecule has 3 heteroatoms. The number of pyridine rings is 1. The Morgan fingerprint density at radius 2 is 1.89 bits per heavy atom. The zero-order valence-corrected chi connectivity index (χ0v) is 12.5. The molecule has 0 bridgehead atoms. The van der Waals surface area contributed by atoms with Crippen molar-refractivity contribution in [1.29, 1.82) is 0 Å². The van der Waals surface area contributed by atoms with Crippen LogP contribution in [0.25, 0.3) is 0 Å². The van der Waals surface area contributed by atoms with Gasteiger partial charge in [-0.15, -0.1) is 0 Å². The minimum absolute atomic E-state index is 0.184. The van der Waals surface area contributed by atoms with Gasteiger partial charge in [-0.2, -0.15) is 0 Å². The molecule has 1 aromatic carbocycles. The van der Waals surface area contributed by atoms with Crippen molar-refractivity contribution < 1.29 is 0 Å². The number of nitrogens with zero attached hydrogens (tertiary/aromatic N) is 1. The molecule has 0 aliphatic rings. The molecule has 1 unspecified atom stereocenters. The second kappa shape index (κ2) is 5.63. The maximum absolute atomic E-state index is 4.27. The van der Waals surface area contributed by atoms with Crippen LogP contribution in [0, 0.1) is 13.8 Å². The van der Waals surface area contributed by atoms with Gasteiger partial charge in [-0.1, -0.05) is 34.1 Å². The molecule has 0 saturated carbocycles. The van der Waals surface area contributed by atoms with E-state index in [1.165, 1.54) is 22.3 Å². The van der Waals surface area contributed by atoms with Crippen molar-refractivity contribution in [3.63, 3.8) is 0 Å². The fourth-order valence-corrected chi connectivity index (χ4v) is 2.36. The minimum Gasteiger partial charge on any atom is -0.309 e. The molecule has 1 heterocycles. The highest BCUT2D eigenvalue weighted by Gasteiger charge is 2.13. The first kappa shape index (κ1) is 13.2. The van der Waals surface area contributed by atoms with Crippen LogP contribution in [0.5, 0.6) is 0 Å². The molecule has 1 atom stereocenters. The number of nitrogens with one attached hydrogen (secondary N) is 1. The van der Waals surface area contributed by atoms with Crippen LogP contribution in [0.15, 0.2) is 41.1 Å². The van der Waals surface area contributed by atoms with Gasteiger partial charge in [0.2, 0.25) is 0 Å². The lowest BCUT2D eigenvalue weighted by Gasteiger charge is -2.18. The lowest BCUT2D eigenvalue weighted by molar-refractivity contribution is 0.687. The predicted octanol–water partition coefficient (Wildman–Crippen LogP) is 3.77. The molecule has 18 heavy (non-hydrogen) atoms. The zero-order chi connectivity index (χ0) is 13.1. The summed E-state index contributed by atoms with van der Waals surface area (Å²) in [5.41, 5.74) is 4.87. The van der Waals surface area contributed by atoms with Gasteiger partial charge in [-0.05, 0) is 49.2 Å². The average Bonchev–Trinajstić information content (AvgIpc) is 2.35. The summed E-state index contributed by atoms with van der Waals surface area (Å²) in [4.78, 5) is 4.27. The fourth-order valence-electron chi connectivity index (χ4n) is 2.11. The lowest BCUT2D eigenvalue weighted by atomic mass is 9.98. The second-order valence-electron chi connectivity index (χ2n) is 4.53. The summed E-state index contributed by atoms with van der Waals surface area (Å²) in [7, 11) is 1.98. The summed E-state index contributed by atoms with van der Waals surface area (Å²) in [6.45, 7) is 4.17. The first-order valence-electron chi connectivity index (χ1n) is 5.96. The van der Waals surface area contributed by atoms with Crippen molar-refractivity contribution in [2.45, 2.75) is 19.9 Å². The topological polar surface area (TPSA) is 24.9 Å². The Labute approximate surface area is 117 Å². The van der Waals surface area contributed by atoms with E-state index in [4.69, 9.17) is 0 Å². The van der Waals surface area contributed by atoms with E-state index in [0.29, 0.717) is 0 Å². The van der Waals surface area contributed by atoms with Crippen LogP contribution in [0.4, 0.5) is 0 Å². The molecule has 0 amide bonds.